The van der Waals surface area contributed by atoms with Crippen LogP contribution in [0.4, 0.5) is 17.1 Å². The molecule has 0 atom stereocenters. The molecule has 1 aliphatic heterocycles. The van der Waals surface area contributed by atoms with Crippen molar-refractivity contribution in [3.63, 3.8) is 0 Å². The number of hydrogen-bond acceptors (Lipinski definition) is 2. The van der Waals surface area contributed by atoms with Crippen LogP contribution in [0.5, 0.6) is 5.75 Å². The Morgan fingerprint density at radius 1 is 0.311 bits per heavy atom. The Labute approximate surface area is 434 Å². The average molecular weight is 950 g/mol. The first-order valence-corrected chi connectivity index (χ1v) is 26.2. The van der Waals surface area contributed by atoms with Crippen molar-refractivity contribution in [3.8, 4) is 83.6 Å². The third-order valence-electron chi connectivity index (χ3n) is 16.6. The number of rotatable bonds is 7. The Kier molecular flexibility index (Phi) is 10.1. The molecule has 2 heteroatoms. The molecule has 3 aliphatic rings. The second-order valence-electron chi connectivity index (χ2n) is 21.5. The molecule has 0 amide bonds. The van der Waals surface area contributed by atoms with Crippen LogP contribution in [0.1, 0.15) is 55.5 Å². The molecular weight excluding hydrogens is 895 g/mol. The van der Waals surface area contributed by atoms with Gasteiger partial charge >= 0.3 is 0 Å². The van der Waals surface area contributed by atoms with E-state index < -0.39 is 0 Å². The topological polar surface area (TPSA) is 12.5 Å². The SMILES string of the molecule is CC1(C)c2cc(-c3ccccc3)ccc2-c2ccc(N(c3ccc(-c4ccc(-c5cccc6c5CCOc5ccccc5-6)cc4)cc3)c3ccc4c(c3)C(C)(C)c3cc(-c5ccc6ccccc6c5)ccc3-4)cc21. The normalized spacial score (nSPS) is 14.2. The second-order valence-corrected chi connectivity index (χ2v) is 21.5. The van der Waals surface area contributed by atoms with E-state index in [0.717, 1.165) is 29.2 Å². The van der Waals surface area contributed by atoms with Gasteiger partial charge < -0.3 is 9.64 Å². The van der Waals surface area contributed by atoms with Crippen LogP contribution in [0.15, 0.2) is 237 Å². The van der Waals surface area contributed by atoms with Crippen molar-refractivity contribution in [1.29, 1.82) is 0 Å². The molecule has 0 unspecified atom stereocenters. The minimum atomic E-state index is -0.218. The zero-order chi connectivity index (χ0) is 49.7. The minimum Gasteiger partial charge on any atom is -0.493 e. The molecule has 11 aromatic rings. The van der Waals surface area contributed by atoms with E-state index in [1.165, 1.54) is 116 Å². The molecule has 0 saturated heterocycles. The van der Waals surface area contributed by atoms with Gasteiger partial charge in [0.05, 0.1) is 6.61 Å². The molecule has 0 bridgehead atoms. The number of hydrogen-bond donors (Lipinski definition) is 0. The molecular formula is C72H55NO. The molecule has 0 aromatic heterocycles. The lowest BCUT2D eigenvalue weighted by Gasteiger charge is -2.30. The third-order valence-corrected chi connectivity index (χ3v) is 16.6. The Bertz CT molecular complexity index is 4030. The molecule has 2 nitrogen and oxygen atoms in total. The van der Waals surface area contributed by atoms with Gasteiger partial charge in [0.15, 0.2) is 0 Å². The van der Waals surface area contributed by atoms with E-state index in [4.69, 9.17) is 4.74 Å². The van der Waals surface area contributed by atoms with Crippen molar-refractivity contribution in [3.05, 3.63) is 264 Å². The summed E-state index contributed by atoms with van der Waals surface area (Å²) in [6.45, 7) is 10.2. The first kappa shape index (κ1) is 44.0. The highest BCUT2D eigenvalue weighted by Gasteiger charge is 2.38. The third kappa shape index (κ3) is 7.07. The van der Waals surface area contributed by atoms with Gasteiger partial charge in [-0.25, -0.2) is 0 Å². The first-order valence-electron chi connectivity index (χ1n) is 26.2. The molecule has 74 heavy (non-hydrogen) atoms. The second kappa shape index (κ2) is 16.9. The number of anilines is 3. The largest absolute Gasteiger partial charge is 0.493 e. The van der Waals surface area contributed by atoms with Gasteiger partial charge in [-0.05, 0) is 172 Å². The van der Waals surface area contributed by atoms with Crippen molar-refractivity contribution < 1.29 is 4.74 Å². The average Bonchev–Trinajstić information content (AvgIpc) is 3.71. The zero-order valence-electron chi connectivity index (χ0n) is 42.3. The summed E-state index contributed by atoms with van der Waals surface area (Å²) < 4.78 is 6.21. The predicted molar refractivity (Wildman–Crippen MR) is 310 cm³/mol. The van der Waals surface area contributed by atoms with Crippen LogP contribution in [-0.4, -0.2) is 6.61 Å². The maximum Gasteiger partial charge on any atom is 0.127 e. The van der Waals surface area contributed by atoms with Crippen molar-refractivity contribution in [2.75, 3.05) is 11.5 Å². The first-order chi connectivity index (χ1) is 36.2. The standard InChI is InChI=1S/C72H55NO/c1-71(2)66-42-53(46-13-6-5-7-14-46)29-35-61(66)63-37-33-56(44-68(63)71)73(57-34-38-64-62-36-30-54(43-67(62)72(3,4)69(64)45-57)52-26-23-47-15-8-9-16-51(47)41-52)55-31-27-49(28-32-55)48-21-24-50(25-22-48)58-18-12-19-59-60(58)39-40-74-70-20-11-10-17-65(59)70/h5-38,41-45H,39-40H2,1-4H3. The summed E-state index contributed by atoms with van der Waals surface area (Å²) in [6, 6.07) is 88.1. The fraction of sp³-hybridized carbons (Fsp3) is 0.111. The highest BCUT2D eigenvalue weighted by molar-refractivity contribution is 5.92. The van der Waals surface area contributed by atoms with E-state index in [2.05, 4.69) is 269 Å². The van der Waals surface area contributed by atoms with Crippen molar-refractivity contribution >= 4 is 27.8 Å². The lowest BCUT2D eigenvalue weighted by atomic mass is 9.81. The van der Waals surface area contributed by atoms with E-state index >= 15 is 0 Å². The predicted octanol–water partition coefficient (Wildman–Crippen LogP) is 19.2. The Morgan fingerprint density at radius 3 is 1.42 bits per heavy atom. The fourth-order valence-corrected chi connectivity index (χ4v) is 12.6. The molecule has 0 saturated carbocycles. The molecule has 1 heterocycles. The van der Waals surface area contributed by atoms with Gasteiger partial charge in [-0.1, -0.05) is 204 Å². The molecule has 2 aliphatic carbocycles. The molecule has 0 N–H and O–H groups in total. The van der Waals surface area contributed by atoms with Gasteiger partial charge in [0.2, 0.25) is 0 Å². The van der Waals surface area contributed by atoms with Crippen molar-refractivity contribution in [2.24, 2.45) is 0 Å². The van der Waals surface area contributed by atoms with E-state index in [-0.39, 0.29) is 10.8 Å². The molecule has 0 fully saturated rings. The monoisotopic (exact) mass is 949 g/mol. The number of benzene rings is 11. The van der Waals surface area contributed by atoms with Crippen LogP contribution < -0.4 is 9.64 Å². The number of fused-ring (bicyclic) bond motifs is 10. The van der Waals surface area contributed by atoms with Gasteiger partial charge in [0.25, 0.3) is 0 Å². The van der Waals surface area contributed by atoms with Gasteiger partial charge in [-0.15, -0.1) is 0 Å². The summed E-state index contributed by atoms with van der Waals surface area (Å²) in [5.41, 5.74) is 27.3. The highest BCUT2D eigenvalue weighted by atomic mass is 16.5. The van der Waals surface area contributed by atoms with Crippen molar-refractivity contribution in [2.45, 2.75) is 44.9 Å². The van der Waals surface area contributed by atoms with Crippen LogP contribution >= 0.6 is 0 Å². The van der Waals surface area contributed by atoms with Crippen molar-refractivity contribution in [1.82, 2.24) is 0 Å². The van der Waals surface area contributed by atoms with Crippen LogP contribution in [0, 0.1) is 0 Å². The highest BCUT2D eigenvalue weighted by Crippen LogP contribution is 2.54. The molecule has 11 aromatic carbocycles. The van der Waals surface area contributed by atoms with Crippen LogP contribution in [-0.2, 0) is 17.3 Å². The maximum atomic E-state index is 6.21. The van der Waals surface area contributed by atoms with E-state index in [9.17, 15) is 0 Å². The summed E-state index contributed by atoms with van der Waals surface area (Å²) in [6.07, 6.45) is 0.866. The number of para-hydroxylation sites is 1. The van der Waals surface area contributed by atoms with Crippen LogP contribution in [0.2, 0.25) is 0 Å². The maximum absolute atomic E-state index is 6.21. The summed E-state index contributed by atoms with van der Waals surface area (Å²) in [4.78, 5) is 2.48. The van der Waals surface area contributed by atoms with Gasteiger partial charge in [-0.3, -0.25) is 0 Å². The summed E-state index contributed by atoms with van der Waals surface area (Å²) in [7, 11) is 0. The van der Waals surface area contributed by atoms with Gasteiger partial charge in [0, 0.05) is 39.9 Å². The smallest absolute Gasteiger partial charge is 0.127 e. The lowest BCUT2D eigenvalue weighted by Crippen LogP contribution is -2.18. The zero-order valence-corrected chi connectivity index (χ0v) is 42.3. The fourth-order valence-electron chi connectivity index (χ4n) is 12.6. The number of ether oxygens (including phenoxy) is 1. The molecule has 354 valence electrons. The summed E-state index contributed by atoms with van der Waals surface area (Å²) >= 11 is 0. The molecule has 14 rings (SSSR count). The summed E-state index contributed by atoms with van der Waals surface area (Å²) in [5.74, 6) is 0.959. The number of nitrogens with zero attached hydrogens (tertiary/aromatic N) is 1. The van der Waals surface area contributed by atoms with E-state index in [1.807, 2.05) is 0 Å². The van der Waals surface area contributed by atoms with Gasteiger partial charge in [0.1, 0.15) is 5.75 Å². The van der Waals surface area contributed by atoms with E-state index in [1.54, 1.807) is 0 Å². The lowest BCUT2D eigenvalue weighted by molar-refractivity contribution is 0.326. The Balaban J connectivity index is 0.838. The quantitative estimate of drug-likeness (QED) is 0.158. The minimum absolute atomic E-state index is 0.200. The molecule has 0 spiro atoms. The van der Waals surface area contributed by atoms with Gasteiger partial charge in [-0.2, -0.15) is 0 Å². The van der Waals surface area contributed by atoms with Crippen LogP contribution in [0.25, 0.3) is 88.7 Å². The Morgan fingerprint density at radius 2 is 0.757 bits per heavy atom. The Hall–Kier alpha value is -8.72. The summed E-state index contributed by atoms with van der Waals surface area (Å²) in [5, 5.41) is 2.53. The molecule has 0 radical (unpaired) electrons. The van der Waals surface area contributed by atoms with E-state index in [0.29, 0.717) is 6.61 Å². The van der Waals surface area contributed by atoms with Crippen LogP contribution in [0.3, 0.4) is 0 Å².